The summed E-state index contributed by atoms with van der Waals surface area (Å²) in [5.74, 6) is -0.953. The Morgan fingerprint density at radius 2 is 2.16 bits per heavy atom. The van der Waals surface area contributed by atoms with Crippen LogP contribution in [0.15, 0.2) is 29.4 Å². The van der Waals surface area contributed by atoms with Crippen molar-refractivity contribution in [3.63, 3.8) is 0 Å². The predicted octanol–water partition coefficient (Wildman–Crippen LogP) is 1.78. The van der Waals surface area contributed by atoms with Crippen molar-refractivity contribution in [1.29, 1.82) is 0 Å². The van der Waals surface area contributed by atoms with E-state index in [0.29, 0.717) is 5.56 Å². The SMILES string of the molecule is CC(NC(=O)C(C)(C)C(N)=NO)c1cccc(F)c1. The number of nitrogens with two attached hydrogens (primary N) is 1. The first-order valence-corrected chi connectivity index (χ1v) is 5.83. The van der Waals surface area contributed by atoms with Crippen molar-refractivity contribution in [3.05, 3.63) is 35.6 Å². The molecule has 1 atom stereocenters. The standard InChI is InChI=1S/C13H18FN3O2/c1-8(9-5-4-6-10(14)7-9)16-12(18)13(2,3)11(15)17-19/h4-8,19H,1-3H3,(H2,15,17)(H,16,18). The van der Waals surface area contributed by atoms with Crippen LogP contribution in [0.3, 0.4) is 0 Å². The molecule has 104 valence electrons. The van der Waals surface area contributed by atoms with E-state index in [1.165, 1.54) is 26.0 Å². The molecule has 6 heteroatoms. The highest BCUT2D eigenvalue weighted by atomic mass is 19.1. The molecule has 5 nitrogen and oxygen atoms in total. The van der Waals surface area contributed by atoms with E-state index in [0.717, 1.165) is 0 Å². The van der Waals surface area contributed by atoms with Gasteiger partial charge in [0.15, 0.2) is 5.84 Å². The molecule has 0 aliphatic heterocycles. The second-order valence-corrected chi connectivity index (χ2v) is 4.86. The molecule has 1 aromatic carbocycles. The van der Waals surface area contributed by atoms with E-state index >= 15 is 0 Å². The molecular formula is C13H18FN3O2. The average molecular weight is 267 g/mol. The highest BCUT2D eigenvalue weighted by Crippen LogP contribution is 2.19. The van der Waals surface area contributed by atoms with Crippen LogP contribution in [0.5, 0.6) is 0 Å². The van der Waals surface area contributed by atoms with Gasteiger partial charge in [0.25, 0.3) is 0 Å². The summed E-state index contributed by atoms with van der Waals surface area (Å²) in [5.41, 5.74) is 4.97. The second kappa shape index (κ2) is 5.69. The maximum absolute atomic E-state index is 13.1. The number of benzene rings is 1. The Bertz CT molecular complexity index is 500. The first-order chi connectivity index (χ1) is 8.78. The van der Waals surface area contributed by atoms with Crippen LogP contribution in [-0.4, -0.2) is 17.0 Å². The minimum Gasteiger partial charge on any atom is -0.409 e. The number of amides is 1. The Labute approximate surface area is 111 Å². The van der Waals surface area contributed by atoms with Crippen LogP contribution in [0.25, 0.3) is 0 Å². The van der Waals surface area contributed by atoms with Crippen LogP contribution in [0.2, 0.25) is 0 Å². The van der Waals surface area contributed by atoms with Gasteiger partial charge in [0.05, 0.1) is 6.04 Å². The summed E-state index contributed by atoms with van der Waals surface area (Å²) in [6.07, 6.45) is 0. The van der Waals surface area contributed by atoms with Gasteiger partial charge in [0, 0.05) is 0 Å². The fourth-order valence-electron chi connectivity index (χ4n) is 1.48. The van der Waals surface area contributed by atoms with Crippen molar-refractivity contribution in [2.75, 3.05) is 0 Å². The number of hydrogen-bond donors (Lipinski definition) is 3. The Hall–Kier alpha value is -2.11. The minimum absolute atomic E-state index is 0.184. The zero-order chi connectivity index (χ0) is 14.6. The Balaban J connectivity index is 2.83. The zero-order valence-electron chi connectivity index (χ0n) is 11.1. The number of nitrogens with one attached hydrogen (secondary N) is 1. The van der Waals surface area contributed by atoms with Gasteiger partial charge in [-0.3, -0.25) is 4.79 Å². The molecule has 19 heavy (non-hydrogen) atoms. The summed E-state index contributed by atoms with van der Waals surface area (Å²) in [6, 6.07) is 5.58. The molecule has 0 aliphatic rings. The molecule has 0 aliphatic carbocycles. The van der Waals surface area contributed by atoms with Gasteiger partial charge in [-0.05, 0) is 38.5 Å². The molecule has 0 radical (unpaired) electrons. The fourth-order valence-corrected chi connectivity index (χ4v) is 1.48. The van der Waals surface area contributed by atoms with Crippen LogP contribution in [0.4, 0.5) is 4.39 Å². The molecular weight excluding hydrogens is 249 g/mol. The van der Waals surface area contributed by atoms with E-state index in [9.17, 15) is 9.18 Å². The quantitative estimate of drug-likeness (QED) is 0.336. The molecule has 0 aromatic heterocycles. The molecule has 0 saturated carbocycles. The number of nitrogens with zero attached hydrogens (tertiary/aromatic N) is 1. The molecule has 1 rings (SSSR count). The molecule has 0 bridgehead atoms. The normalized spacial score (nSPS) is 14.0. The summed E-state index contributed by atoms with van der Waals surface area (Å²) in [6.45, 7) is 4.81. The molecule has 4 N–H and O–H groups in total. The Kier molecular flexibility index (Phi) is 4.47. The summed E-state index contributed by atoms with van der Waals surface area (Å²) in [4.78, 5) is 12.1. The van der Waals surface area contributed by atoms with Gasteiger partial charge in [0.1, 0.15) is 11.2 Å². The van der Waals surface area contributed by atoms with Gasteiger partial charge in [-0.15, -0.1) is 0 Å². The van der Waals surface area contributed by atoms with Crippen LogP contribution in [0, 0.1) is 11.2 Å². The maximum atomic E-state index is 13.1. The van der Waals surface area contributed by atoms with Crippen molar-refractivity contribution in [3.8, 4) is 0 Å². The van der Waals surface area contributed by atoms with Gasteiger partial charge in [-0.25, -0.2) is 4.39 Å². The lowest BCUT2D eigenvalue weighted by Gasteiger charge is -2.24. The van der Waals surface area contributed by atoms with E-state index < -0.39 is 11.3 Å². The van der Waals surface area contributed by atoms with Crippen molar-refractivity contribution in [1.82, 2.24) is 5.32 Å². The first-order valence-electron chi connectivity index (χ1n) is 5.83. The molecule has 0 fully saturated rings. The molecule has 0 heterocycles. The van der Waals surface area contributed by atoms with Crippen LogP contribution in [0.1, 0.15) is 32.4 Å². The van der Waals surface area contributed by atoms with E-state index in [1.54, 1.807) is 19.1 Å². The molecule has 0 saturated heterocycles. The number of hydrogen-bond acceptors (Lipinski definition) is 3. The number of rotatable bonds is 4. The summed E-state index contributed by atoms with van der Waals surface area (Å²) in [7, 11) is 0. The van der Waals surface area contributed by atoms with Gasteiger partial charge in [0.2, 0.25) is 5.91 Å². The second-order valence-electron chi connectivity index (χ2n) is 4.86. The number of carbonyl (C=O) groups excluding carboxylic acids is 1. The summed E-state index contributed by atoms with van der Waals surface area (Å²) < 4.78 is 13.1. The smallest absolute Gasteiger partial charge is 0.233 e. The van der Waals surface area contributed by atoms with Crippen LogP contribution in [-0.2, 0) is 4.79 Å². The topological polar surface area (TPSA) is 87.7 Å². The maximum Gasteiger partial charge on any atom is 0.233 e. The molecule has 1 amide bonds. The third-order valence-electron chi connectivity index (χ3n) is 3.01. The zero-order valence-corrected chi connectivity index (χ0v) is 11.1. The third kappa shape index (κ3) is 3.43. The Morgan fingerprint density at radius 3 is 2.68 bits per heavy atom. The van der Waals surface area contributed by atoms with E-state index in [-0.39, 0.29) is 17.7 Å². The predicted molar refractivity (Wildman–Crippen MR) is 70.1 cm³/mol. The van der Waals surface area contributed by atoms with Gasteiger partial charge >= 0.3 is 0 Å². The van der Waals surface area contributed by atoms with E-state index in [1.807, 2.05) is 0 Å². The number of halogens is 1. The Morgan fingerprint density at radius 1 is 1.53 bits per heavy atom. The molecule has 0 spiro atoms. The average Bonchev–Trinajstić information content (AvgIpc) is 2.37. The number of carbonyl (C=O) groups is 1. The van der Waals surface area contributed by atoms with E-state index in [2.05, 4.69) is 10.5 Å². The van der Waals surface area contributed by atoms with Gasteiger partial charge < -0.3 is 16.3 Å². The van der Waals surface area contributed by atoms with Crippen molar-refractivity contribution in [2.45, 2.75) is 26.8 Å². The minimum atomic E-state index is -1.14. The lowest BCUT2D eigenvalue weighted by Crippen LogP contribution is -2.46. The monoisotopic (exact) mass is 267 g/mol. The third-order valence-corrected chi connectivity index (χ3v) is 3.01. The summed E-state index contributed by atoms with van der Waals surface area (Å²) in [5, 5.41) is 14.2. The number of oxime groups is 1. The lowest BCUT2D eigenvalue weighted by molar-refractivity contribution is -0.127. The number of amidine groups is 1. The van der Waals surface area contributed by atoms with Crippen molar-refractivity contribution in [2.24, 2.45) is 16.3 Å². The van der Waals surface area contributed by atoms with Crippen LogP contribution < -0.4 is 11.1 Å². The van der Waals surface area contributed by atoms with E-state index in [4.69, 9.17) is 10.9 Å². The summed E-state index contributed by atoms with van der Waals surface area (Å²) >= 11 is 0. The first kappa shape index (κ1) is 14.9. The highest BCUT2D eigenvalue weighted by Gasteiger charge is 2.33. The van der Waals surface area contributed by atoms with Gasteiger partial charge in [-0.2, -0.15) is 0 Å². The van der Waals surface area contributed by atoms with Crippen molar-refractivity contribution >= 4 is 11.7 Å². The highest BCUT2D eigenvalue weighted by molar-refractivity contribution is 6.05. The fraction of sp³-hybridized carbons (Fsp3) is 0.385. The molecule has 1 aromatic rings. The van der Waals surface area contributed by atoms with Crippen LogP contribution >= 0.6 is 0 Å². The molecule has 1 unspecified atom stereocenters. The largest absolute Gasteiger partial charge is 0.409 e. The lowest BCUT2D eigenvalue weighted by atomic mass is 9.90. The van der Waals surface area contributed by atoms with Crippen molar-refractivity contribution < 1.29 is 14.4 Å². The van der Waals surface area contributed by atoms with Gasteiger partial charge in [-0.1, -0.05) is 17.3 Å².